The molecule has 1 saturated carbocycles. The molecule has 2 atom stereocenters. The SMILES string of the molecule is CC1CCCC(CO)N1CC(=O)NCC1(c2ccccc2)CC1. The minimum absolute atomic E-state index is 0.0828. The van der Waals surface area contributed by atoms with E-state index in [1.165, 1.54) is 5.56 Å². The van der Waals surface area contributed by atoms with Crippen LogP contribution in [0, 0.1) is 0 Å². The van der Waals surface area contributed by atoms with Gasteiger partial charge >= 0.3 is 0 Å². The first kappa shape index (κ1) is 16.5. The van der Waals surface area contributed by atoms with E-state index in [9.17, 15) is 9.90 Å². The molecule has 2 aliphatic rings. The number of likely N-dealkylation sites (tertiary alicyclic amines) is 1. The fraction of sp³-hybridized carbons (Fsp3) is 0.632. The minimum atomic E-state index is 0.0828. The Hall–Kier alpha value is -1.39. The van der Waals surface area contributed by atoms with E-state index in [1.54, 1.807) is 0 Å². The van der Waals surface area contributed by atoms with E-state index in [4.69, 9.17) is 0 Å². The van der Waals surface area contributed by atoms with Crippen molar-refractivity contribution in [1.82, 2.24) is 10.2 Å². The predicted octanol–water partition coefficient (Wildman–Crippen LogP) is 2.07. The van der Waals surface area contributed by atoms with Crippen molar-refractivity contribution in [3.63, 3.8) is 0 Å². The molecule has 23 heavy (non-hydrogen) atoms. The van der Waals surface area contributed by atoms with E-state index in [2.05, 4.69) is 41.4 Å². The summed E-state index contributed by atoms with van der Waals surface area (Å²) in [5.41, 5.74) is 1.49. The number of hydrogen-bond acceptors (Lipinski definition) is 3. The van der Waals surface area contributed by atoms with E-state index < -0.39 is 0 Å². The third-order valence-corrected chi connectivity index (χ3v) is 5.60. The molecule has 4 nitrogen and oxygen atoms in total. The molecular weight excluding hydrogens is 288 g/mol. The molecule has 126 valence electrons. The normalized spacial score (nSPS) is 26.7. The van der Waals surface area contributed by atoms with Gasteiger partial charge in [0, 0.05) is 24.0 Å². The summed E-state index contributed by atoms with van der Waals surface area (Å²) in [6, 6.07) is 11.0. The smallest absolute Gasteiger partial charge is 0.234 e. The maximum absolute atomic E-state index is 12.4. The number of hydrogen-bond donors (Lipinski definition) is 2. The number of aliphatic hydroxyl groups is 1. The summed E-state index contributed by atoms with van der Waals surface area (Å²) in [7, 11) is 0. The van der Waals surface area contributed by atoms with E-state index in [1.807, 2.05) is 6.07 Å². The van der Waals surface area contributed by atoms with Crippen molar-refractivity contribution in [2.24, 2.45) is 0 Å². The molecule has 2 unspecified atom stereocenters. The van der Waals surface area contributed by atoms with E-state index in [0.29, 0.717) is 12.6 Å². The molecule has 1 aliphatic heterocycles. The number of rotatable bonds is 6. The van der Waals surface area contributed by atoms with Crippen LogP contribution in [-0.2, 0) is 10.2 Å². The molecule has 1 amide bonds. The van der Waals surface area contributed by atoms with Crippen LogP contribution in [-0.4, -0.2) is 47.7 Å². The van der Waals surface area contributed by atoms with Crippen molar-refractivity contribution in [2.45, 2.75) is 56.5 Å². The summed E-state index contributed by atoms with van der Waals surface area (Å²) in [5.74, 6) is 0.0828. The summed E-state index contributed by atoms with van der Waals surface area (Å²) in [5, 5.41) is 12.7. The Balaban J connectivity index is 1.53. The van der Waals surface area contributed by atoms with Gasteiger partial charge in [0.25, 0.3) is 0 Å². The minimum Gasteiger partial charge on any atom is -0.395 e. The van der Waals surface area contributed by atoms with Gasteiger partial charge in [-0.1, -0.05) is 36.8 Å². The lowest BCUT2D eigenvalue weighted by Crippen LogP contribution is -2.51. The Morgan fingerprint density at radius 3 is 2.70 bits per heavy atom. The molecule has 1 aliphatic carbocycles. The zero-order valence-corrected chi connectivity index (χ0v) is 14.0. The Bertz CT molecular complexity index is 527. The number of aliphatic hydroxyl groups excluding tert-OH is 1. The summed E-state index contributed by atoms with van der Waals surface area (Å²) in [6.45, 7) is 3.42. The number of carbonyl (C=O) groups excluding carboxylic acids is 1. The quantitative estimate of drug-likeness (QED) is 0.845. The van der Waals surface area contributed by atoms with Gasteiger partial charge in [0.2, 0.25) is 5.91 Å². The monoisotopic (exact) mass is 316 g/mol. The van der Waals surface area contributed by atoms with Gasteiger partial charge in [-0.05, 0) is 38.2 Å². The molecule has 0 radical (unpaired) electrons. The van der Waals surface area contributed by atoms with Crippen LogP contribution in [0.2, 0.25) is 0 Å². The van der Waals surface area contributed by atoms with Crippen molar-refractivity contribution in [3.05, 3.63) is 35.9 Å². The van der Waals surface area contributed by atoms with Crippen LogP contribution in [0.15, 0.2) is 30.3 Å². The standard InChI is InChI=1S/C19H28N2O2/c1-15-6-5-9-17(13-22)21(15)12-18(23)20-14-19(10-11-19)16-7-3-2-4-8-16/h2-4,7-8,15,17,22H,5-6,9-14H2,1H3,(H,20,23). The zero-order valence-electron chi connectivity index (χ0n) is 14.0. The first-order chi connectivity index (χ1) is 11.1. The Morgan fingerprint density at radius 2 is 2.04 bits per heavy atom. The molecule has 2 fully saturated rings. The molecule has 0 bridgehead atoms. The van der Waals surface area contributed by atoms with E-state index >= 15 is 0 Å². The molecule has 0 spiro atoms. The lowest BCUT2D eigenvalue weighted by molar-refractivity contribution is -0.124. The van der Waals surface area contributed by atoms with Crippen molar-refractivity contribution >= 4 is 5.91 Å². The fourth-order valence-corrected chi connectivity index (χ4v) is 3.82. The molecule has 4 heteroatoms. The lowest BCUT2D eigenvalue weighted by Gasteiger charge is -2.39. The van der Waals surface area contributed by atoms with Crippen molar-refractivity contribution in [2.75, 3.05) is 19.7 Å². The van der Waals surface area contributed by atoms with Crippen LogP contribution in [0.4, 0.5) is 0 Å². The average molecular weight is 316 g/mol. The Morgan fingerprint density at radius 1 is 1.30 bits per heavy atom. The topological polar surface area (TPSA) is 52.6 Å². The van der Waals surface area contributed by atoms with Gasteiger partial charge in [-0.2, -0.15) is 0 Å². The number of carbonyl (C=O) groups is 1. The Kier molecular flexibility index (Phi) is 5.02. The first-order valence-corrected chi connectivity index (χ1v) is 8.83. The lowest BCUT2D eigenvalue weighted by atomic mass is 9.95. The molecule has 1 aromatic carbocycles. The summed E-state index contributed by atoms with van der Waals surface area (Å²) in [6.07, 6.45) is 5.54. The summed E-state index contributed by atoms with van der Waals surface area (Å²) >= 11 is 0. The van der Waals surface area contributed by atoms with Gasteiger partial charge in [0.15, 0.2) is 0 Å². The molecule has 0 aromatic heterocycles. The predicted molar refractivity (Wildman–Crippen MR) is 91.3 cm³/mol. The highest BCUT2D eigenvalue weighted by molar-refractivity contribution is 5.78. The first-order valence-electron chi connectivity index (χ1n) is 8.83. The maximum atomic E-state index is 12.4. The molecular formula is C19H28N2O2. The third-order valence-electron chi connectivity index (χ3n) is 5.60. The second-order valence-electron chi connectivity index (χ2n) is 7.21. The summed E-state index contributed by atoms with van der Waals surface area (Å²) < 4.78 is 0. The van der Waals surface area contributed by atoms with Crippen LogP contribution < -0.4 is 5.32 Å². The number of amides is 1. The van der Waals surface area contributed by atoms with Crippen molar-refractivity contribution < 1.29 is 9.90 Å². The molecule has 1 saturated heterocycles. The zero-order chi connectivity index (χ0) is 16.3. The molecule has 1 heterocycles. The second-order valence-corrected chi connectivity index (χ2v) is 7.21. The van der Waals surface area contributed by atoms with Crippen molar-refractivity contribution in [3.8, 4) is 0 Å². The molecule has 2 N–H and O–H groups in total. The van der Waals surface area contributed by atoms with Crippen LogP contribution >= 0.6 is 0 Å². The van der Waals surface area contributed by atoms with Crippen molar-refractivity contribution in [1.29, 1.82) is 0 Å². The molecule has 3 rings (SSSR count). The highest BCUT2D eigenvalue weighted by atomic mass is 16.3. The maximum Gasteiger partial charge on any atom is 0.234 e. The number of benzene rings is 1. The summed E-state index contributed by atoms with van der Waals surface area (Å²) in [4.78, 5) is 14.6. The van der Waals surface area contributed by atoms with Gasteiger partial charge in [-0.15, -0.1) is 0 Å². The van der Waals surface area contributed by atoms with E-state index in [-0.39, 0.29) is 24.0 Å². The van der Waals surface area contributed by atoms with Gasteiger partial charge in [0.05, 0.1) is 13.2 Å². The van der Waals surface area contributed by atoms with Gasteiger partial charge < -0.3 is 10.4 Å². The van der Waals surface area contributed by atoms with E-state index in [0.717, 1.165) is 38.6 Å². The average Bonchev–Trinajstić information content (AvgIpc) is 3.37. The fourth-order valence-electron chi connectivity index (χ4n) is 3.82. The van der Waals surface area contributed by atoms with Gasteiger partial charge in [-0.25, -0.2) is 0 Å². The van der Waals surface area contributed by atoms with Crippen LogP contribution in [0.3, 0.4) is 0 Å². The Labute approximate surface area is 138 Å². The van der Waals surface area contributed by atoms with Crippen LogP contribution in [0.1, 0.15) is 44.6 Å². The third kappa shape index (κ3) is 3.75. The number of piperidine rings is 1. The highest BCUT2D eigenvalue weighted by Gasteiger charge is 2.44. The second kappa shape index (κ2) is 7.02. The van der Waals surface area contributed by atoms with Gasteiger partial charge in [0.1, 0.15) is 0 Å². The van der Waals surface area contributed by atoms with Crippen LogP contribution in [0.25, 0.3) is 0 Å². The number of nitrogens with zero attached hydrogens (tertiary/aromatic N) is 1. The molecule has 1 aromatic rings. The highest BCUT2D eigenvalue weighted by Crippen LogP contribution is 2.47. The van der Waals surface area contributed by atoms with Crippen LogP contribution in [0.5, 0.6) is 0 Å². The van der Waals surface area contributed by atoms with Gasteiger partial charge in [-0.3, -0.25) is 9.69 Å². The number of nitrogens with one attached hydrogen (secondary N) is 1. The largest absolute Gasteiger partial charge is 0.395 e.